The molecule has 0 atom stereocenters. The average molecular weight is 462 g/mol. The van der Waals surface area contributed by atoms with Gasteiger partial charge in [-0.15, -0.1) is 0 Å². The van der Waals surface area contributed by atoms with E-state index in [-0.39, 0.29) is 17.0 Å². The van der Waals surface area contributed by atoms with Crippen molar-refractivity contribution in [2.24, 2.45) is 0 Å². The number of nitrogens with zero attached hydrogens (tertiary/aromatic N) is 1. The van der Waals surface area contributed by atoms with Gasteiger partial charge in [-0.3, -0.25) is 14.4 Å². The molecule has 4 rings (SSSR count). The van der Waals surface area contributed by atoms with Crippen LogP contribution in [0.4, 0.5) is 5.69 Å². The highest BCUT2D eigenvalue weighted by Gasteiger charge is 2.29. The number of aromatic nitrogens is 2. The smallest absolute Gasteiger partial charge is 0.297 e. The predicted octanol–water partition coefficient (Wildman–Crippen LogP) is 3.92. The van der Waals surface area contributed by atoms with Crippen LogP contribution in [-0.4, -0.2) is 31.9 Å². The van der Waals surface area contributed by atoms with Crippen LogP contribution in [0.5, 0.6) is 5.75 Å². The van der Waals surface area contributed by atoms with Gasteiger partial charge in [-0.2, -0.15) is 0 Å². The molecule has 0 saturated heterocycles. The van der Waals surface area contributed by atoms with Crippen LogP contribution in [0.25, 0.3) is 22.4 Å². The van der Waals surface area contributed by atoms with Gasteiger partial charge >= 0.3 is 0 Å². The molecule has 1 amide bonds. The van der Waals surface area contributed by atoms with E-state index in [0.29, 0.717) is 16.1 Å². The Bertz CT molecular complexity index is 1480. The molecule has 8 nitrogen and oxygen atoms in total. The molecular formula is C24H16ClN3O5. The van der Waals surface area contributed by atoms with E-state index in [0.717, 1.165) is 0 Å². The summed E-state index contributed by atoms with van der Waals surface area (Å²) in [6, 6.07) is 18.3. The second-order valence-electron chi connectivity index (χ2n) is 6.96. The first-order valence-electron chi connectivity index (χ1n) is 9.67. The highest BCUT2D eigenvalue weighted by atomic mass is 35.5. The average Bonchev–Trinajstić information content (AvgIpc) is 2.81. The van der Waals surface area contributed by atoms with Crippen molar-refractivity contribution >= 4 is 51.3 Å². The Hall–Kier alpha value is -4.43. The van der Waals surface area contributed by atoms with Crippen molar-refractivity contribution < 1.29 is 19.8 Å². The number of aromatic hydroxyl groups is 1. The van der Waals surface area contributed by atoms with E-state index in [2.05, 4.69) is 15.3 Å². The molecule has 9 heteroatoms. The molecule has 0 aliphatic carbocycles. The van der Waals surface area contributed by atoms with Crippen molar-refractivity contribution in [2.45, 2.75) is 0 Å². The maximum atomic E-state index is 13.2. The molecule has 0 aliphatic heterocycles. The summed E-state index contributed by atoms with van der Waals surface area (Å²) >= 11 is 5.90. The lowest BCUT2D eigenvalue weighted by molar-refractivity contribution is -0.131. The number of Topliss-reactive ketones (excluding diaryl/α,β-unsaturated/α-hetero) is 1. The molecule has 0 fully saturated rings. The number of aliphatic hydroxyl groups excluding tert-OH is 1. The van der Waals surface area contributed by atoms with Crippen molar-refractivity contribution in [3.63, 3.8) is 0 Å². The molecule has 1 aromatic heterocycles. The third-order valence-corrected chi connectivity index (χ3v) is 5.03. The number of hydrogen-bond acceptors (Lipinski definition) is 6. The van der Waals surface area contributed by atoms with Gasteiger partial charge in [0.2, 0.25) is 0 Å². The van der Waals surface area contributed by atoms with Crippen LogP contribution in [0.15, 0.2) is 77.6 Å². The number of benzene rings is 3. The van der Waals surface area contributed by atoms with Crippen molar-refractivity contribution in [2.75, 3.05) is 5.32 Å². The normalized spacial score (nSPS) is 11.7. The summed E-state index contributed by atoms with van der Waals surface area (Å²) in [5.74, 6) is -3.29. The van der Waals surface area contributed by atoms with Crippen LogP contribution in [0.1, 0.15) is 11.3 Å². The van der Waals surface area contributed by atoms with E-state index >= 15 is 0 Å². The lowest BCUT2D eigenvalue weighted by Gasteiger charge is -2.11. The zero-order chi connectivity index (χ0) is 23.5. The fourth-order valence-electron chi connectivity index (χ4n) is 3.15. The van der Waals surface area contributed by atoms with Gasteiger partial charge in [0.15, 0.2) is 0 Å². The van der Waals surface area contributed by atoms with E-state index in [1.54, 1.807) is 36.4 Å². The molecule has 1 heterocycles. The first kappa shape index (κ1) is 21.8. The van der Waals surface area contributed by atoms with Crippen LogP contribution in [0, 0.1) is 0 Å². The van der Waals surface area contributed by atoms with Crippen LogP contribution in [-0.2, 0) is 9.59 Å². The number of hydrogen-bond donors (Lipinski definition) is 4. The Morgan fingerprint density at radius 1 is 0.939 bits per heavy atom. The maximum absolute atomic E-state index is 13.2. The second kappa shape index (κ2) is 8.97. The zero-order valence-electron chi connectivity index (χ0n) is 16.9. The zero-order valence-corrected chi connectivity index (χ0v) is 17.6. The van der Waals surface area contributed by atoms with E-state index < -0.39 is 34.3 Å². The summed E-state index contributed by atoms with van der Waals surface area (Å²) in [6.07, 6.45) is 0. The third kappa shape index (κ3) is 4.46. The van der Waals surface area contributed by atoms with Gasteiger partial charge in [0.05, 0.1) is 16.7 Å². The fraction of sp³-hybridized carbons (Fsp3) is 0. The molecule has 3 aromatic carbocycles. The number of phenols is 1. The Kier molecular flexibility index (Phi) is 5.93. The maximum Gasteiger partial charge on any atom is 0.297 e. The lowest BCUT2D eigenvalue weighted by atomic mass is 10.0. The van der Waals surface area contributed by atoms with Gasteiger partial charge in [-0.1, -0.05) is 35.9 Å². The minimum atomic E-state index is -1.22. The van der Waals surface area contributed by atoms with E-state index in [4.69, 9.17) is 11.6 Å². The number of para-hydroxylation sites is 4. The van der Waals surface area contributed by atoms with Crippen molar-refractivity contribution in [1.29, 1.82) is 0 Å². The van der Waals surface area contributed by atoms with Crippen molar-refractivity contribution in [3.8, 4) is 5.75 Å². The van der Waals surface area contributed by atoms with E-state index in [1.807, 2.05) is 0 Å². The van der Waals surface area contributed by atoms with E-state index in [9.17, 15) is 24.6 Å². The summed E-state index contributed by atoms with van der Waals surface area (Å²) in [5.41, 5.74) is -0.900. The first-order valence-corrected chi connectivity index (χ1v) is 10.0. The molecule has 0 bridgehead atoms. The first-order chi connectivity index (χ1) is 15.8. The number of aromatic amines is 1. The number of ketones is 1. The number of anilines is 1. The molecule has 33 heavy (non-hydrogen) atoms. The number of nitrogens with one attached hydrogen (secondary N) is 2. The number of halogens is 1. The Morgan fingerprint density at radius 2 is 1.61 bits per heavy atom. The van der Waals surface area contributed by atoms with Gasteiger partial charge in [0, 0.05) is 10.6 Å². The monoisotopic (exact) mass is 461 g/mol. The molecule has 0 saturated carbocycles. The molecular weight excluding hydrogens is 446 g/mol. The summed E-state index contributed by atoms with van der Waals surface area (Å²) in [7, 11) is 0. The van der Waals surface area contributed by atoms with Gasteiger partial charge < -0.3 is 20.5 Å². The molecule has 0 radical (unpaired) electrons. The number of fused-ring (bicyclic) bond motifs is 1. The molecule has 4 aromatic rings. The number of H-pyrrole nitrogens is 1. The number of carbonyl (C=O) groups excluding carboxylic acids is 2. The minimum absolute atomic E-state index is 0.0124. The van der Waals surface area contributed by atoms with Gasteiger partial charge in [0.25, 0.3) is 17.2 Å². The molecule has 0 spiro atoms. The SMILES string of the molecule is O=C(Nc1ccccc1O)C(=O)/C(=C(/O)c1ccc(Cl)cc1)c1nc2ccccc2[nH]c1=O. The summed E-state index contributed by atoms with van der Waals surface area (Å²) in [4.78, 5) is 45.6. The number of aliphatic hydroxyl groups is 1. The van der Waals surface area contributed by atoms with Gasteiger partial charge in [-0.25, -0.2) is 4.98 Å². The predicted molar refractivity (Wildman–Crippen MR) is 125 cm³/mol. The number of phenolic OH excluding ortho intramolecular Hbond substituents is 1. The van der Waals surface area contributed by atoms with Crippen LogP contribution >= 0.6 is 11.6 Å². The lowest BCUT2D eigenvalue weighted by Crippen LogP contribution is -2.28. The molecule has 0 unspecified atom stereocenters. The molecule has 0 aliphatic rings. The van der Waals surface area contributed by atoms with E-state index in [1.165, 1.54) is 36.4 Å². The second-order valence-corrected chi connectivity index (χ2v) is 7.40. The molecule has 164 valence electrons. The Morgan fingerprint density at radius 3 is 2.33 bits per heavy atom. The standard InChI is InChI=1S/C24H16ClN3O5/c25-14-11-9-13(10-12-14)21(30)19(20-23(32)27-16-6-2-1-5-15(16)26-20)22(31)24(33)28-17-7-3-4-8-18(17)29/h1-12,29-30H,(H,27,32)(H,28,33)/b21-19+. The Balaban J connectivity index is 1.87. The third-order valence-electron chi connectivity index (χ3n) is 4.78. The number of carbonyl (C=O) groups is 2. The highest BCUT2D eigenvalue weighted by molar-refractivity contribution is 6.57. The van der Waals surface area contributed by atoms with Crippen LogP contribution in [0.3, 0.4) is 0 Å². The molecule has 4 N–H and O–H groups in total. The highest BCUT2D eigenvalue weighted by Crippen LogP contribution is 2.26. The topological polar surface area (TPSA) is 132 Å². The van der Waals surface area contributed by atoms with Crippen LogP contribution < -0.4 is 10.9 Å². The number of rotatable bonds is 5. The quantitative estimate of drug-likeness (QED) is 0.154. The van der Waals surface area contributed by atoms with Crippen molar-refractivity contribution in [1.82, 2.24) is 9.97 Å². The summed E-state index contributed by atoms with van der Waals surface area (Å²) in [6.45, 7) is 0. The number of amides is 1. The largest absolute Gasteiger partial charge is 0.506 e. The van der Waals surface area contributed by atoms with Gasteiger partial charge in [0.1, 0.15) is 22.8 Å². The van der Waals surface area contributed by atoms with Gasteiger partial charge in [-0.05, 0) is 48.5 Å². The van der Waals surface area contributed by atoms with Crippen molar-refractivity contribution in [3.05, 3.63) is 99.4 Å². The summed E-state index contributed by atoms with van der Waals surface area (Å²) in [5, 5.41) is 23.5. The fourth-order valence-corrected chi connectivity index (χ4v) is 3.28. The minimum Gasteiger partial charge on any atom is -0.506 e. The Labute approximate surface area is 191 Å². The summed E-state index contributed by atoms with van der Waals surface area (Å²) < 4.78 is 0. The van der Waals surface area contributed by atoms with Crippen LogP contribution in [0.2, 0.25) is 5.02 Å².